The fourth-order valence-electron chi connectivity index (χ4n) is 2.87. The maximum absolute atomic E-state index is 13.0. The van der Waals surface area contributed by atoms with Crippen LogP contribution in [0.4, 0.5) is 26.3 Å². The summed E-state index contributed by atoms with van der Waals surface area (Å²) in [5, 5.41) is 0. The predicted molar refractivity (Wildman–Crippen MR) is 80.1 cm³/mol. The molecule has 0 aromatic heterocycles. The van der Waals surface area contributed by atoms with E-state index >= 15 is 0 Å². The van der Waals surface area contributed by atoms with Crippen LogP contribution in [0.2, 0.25) is 0 Å². The molecule has 0 aromatic carbocycles. The lowest BCUT2D eigenvalue weighted by Crippen LogP contribution is -2.57. The molecule has 0 spiro atoms. The van der Waals surface area contributed by atoms with Gasteiger partial charge < -0.3 is 4.48 Å². The lowest BCUT2D eigenvalue weighted by atomic mass is 10.0. The van der Waals surface area contributed by atoms with Crippen molar-refractivity contribution >= 4 is 0 Å². The first-order valence-electron chi connectivity index (χ1n) is 8.51. The summed E-state index contributed by atoms with van der Waals surface area (Å²) in [7, 11) is 0. The van der Waals surface area contributed by atoms with Crippen LogP contribution in [0.5, 0.6) is 0 Å². The van der Waals surface area contributed by atoms with Gasteiger partial charge in [-0.2, -0.15) is 26.3 Å². The van der Waals surface area contributed by atoms with Crippen molar-refractivity contribution in [1.29, 1.82) is 0 Å². The van der Waals surface area contributed by atoms with E-state index in [4.69, 9.17) is 0 Å². The summed E-state index contributed by atoms with van der Waals surface area (Å²) in [6.07, 6.45) is -6.25. The van der Waals surface area contributed by atoms with Gasteiger partial charge in [0.2, 0.25) is 0 Å². The monoisotopic (exact) mass is 350 g/mol. The average Bonchev–Trinajstić information content (AvgIpc) is 2.43. The summed E-state index contributed by atoms with van der Waals surface area (Å²) in [6, 6.07) is 0. The number of quaternary nitrogens is 1. The van der Waals surface area contributed by atoms with Crippen molar-refractivity contribution < 1.29 is 30.8 Å². The zero-order valence-corrected chi connectivity index (χ0v) is 14.4. The van der Waals surface area contributed by atoms with Crippen LogP contribution in [0.3, 0.4) is 0 Å². The molecule has 0 saturated heterocycles. The molecule has 0 atom stereocenters. The van der Waals surface area contributed by atoms with Crippen molar-refractivity contribution in [2.45, 2.75) is 71.6 Å². The predicted octanol–water partition coefficient (Wildman–Crippen LogP) is 5.94. The molecule has 0 bridgehead atoms. The van der Waals surface area contributed by atoms with E-state index in [0.717, 1.165) is 19.3 Å². The molecule has 0 aromatic rings. The van der Waals surface area contributed by atoms with Crippen molar-refractivity contribution in [1.82, 2.24) is 0 Å². The molecule has 0 unspecified atom stereocenters. The Morgan fingerprint density at radius 3 is 1.17 bits per heavy atom. The molecule has 0 aliphatic rings. The van der Waals surface area contributed by atoms with Gasteiger partial charge in [-0.25, -0.2) is 0 Å². The van der Waals surface area contributed by atoms with Gasteiger partial charge in [0.15, 0.2) is 5.92 Å². The third-order valence-corrected chi connectivity index (χ3v) is 4.32. The zero-order valence-electron chi connectivity index (χ0n) is 14.4. The van der Waals surface area contributed by atoms with E-state index in [0.29, 0.717) is 38.9 Å². The quantitative estimate of drug-likeness (QED) is 0.319. The minimum Gasteiger partial charge on any atom is -0.323 e. The number of alkyl halides is 6. The lowest BCUT2D eigenvalue weighted by molar-refractivity contribution is -0.934. The fraction of sp³-hybridized carbons (Fsp3) is 1.00. The van der Waals surface area contributed by atoms with Crippen molar-refractivity contribution in [2.24, 2.45) is 5.92 Å². The Kier molecular flexibility index (Phi) is 9.55. The molecular formula is C16H30F6N+. The van der Waals surface area contributed by atoms with Crippen molar-refractivity contribution in [2.75, 3.05) is 26.2 Å². The van der Waals surface area contributed by atoms with Crippen molar-refractivity contribution in [3.05, 3.63) is 0 Å². The Hall–Kier alpha value is -0.460. The highest BCUT2D eigenvalue weighted by atomic mass is 19.4. The molecule has 0 aliphatic heterocycles. The van der Waals surface area contributed by atoms with Gasteiger partial charge in [-0.3, -0.25) is 0 Å². The molecule has 0 aliphatic carbocycles. The first-order valence-corrected chi connectivity index (χ1v) is 8.51. The number of unbranched alkanes of at least 4 members (excludes halogenated alkanes) is 3. The summed E-state index contributed by atoms with van der Waals surface area (Å²) in [6.45, 7) is 5.99. The van der Waals surface area contributed by atoms with Crippen LogP contribution in [-0.2, 0) is 0 Å². The van der Waals surface area contributed by atoms with Crippen LogP contribution >= 0.6 is 0 Å². The van der Waals surface area contributed by atoms with Crippen molar-refractivity contribution in [3.63, 3.8) is 0 Å². The Labute approximate surface area is 135 Å². The third kappa shape index (κ3) is 8.27. The second-order valence-electron chi connectivity index (χ2n) is 6.39. The summed E-state index contributed by atoms with van der Waals surface area (Å²) < 4.78 is 77.8. The molecule has 0 heterocycles. The van der Waals surface area contributed by atoms with Crippen LogP contribution < -0.4 is 0 Å². The van der Waals surface area contributed by atoms with E-state index < -0.39 is 24.8 Å². The Morgan fingerprint density at radius 1 is 0.652 bits per heavy atom. The van der Waals surface area contributed by atoms with E-state index in [1.807, 2.05) is 20.8 Å². The molecule has 1 nitrogen and oxygen atoms in total. The van der Waals surface area contributed by atoms with E-state index in [1.54, 1.807) is 0 Å². The Morgan fingerprint density at radius 2 is 0.957 bits per heavy atom. The molecule has 0 rings (SSSR count). The maximum atomic E-state index is 13.0. The van der Waals surface area contributed by atoms with Gasteiger partial charge >= 0.3 is 12.4 Å². The Balaban J connectivity index is 5.48. The van der Waals surface area contributed by atoms with Gasteiger partial charge in [0.1, 0.15) is 0 Å². The first-order chi connectivity index (χ1) is 10.5. The Bertz CT molecular complexity index is 275. The van der Waals surface area contributed by atoms with Crippen LogP contribution in [0.15, 0.2) is 0 Å². The summed E-state index contributed by atoms with van der Waals surface area (Å²) in [5.41, 5.74) is 0. The van der Waals surface area contributed by atoms with Crippen LogP contribution in [0.25, 0.3) is 0 Å². The second-order valence-corrected chi connectivity index (χ2v) is 6.39. The molecule has 0 N–H and O–H groups in total. The SMILES string of the molecule is CCCC[N+](CCCC)(CCCC)CC(C(F)(F)F)C(F)(F)F. The number of rotatable bonds is 11. The van der Waals surface area contributed by atoms with E-state index in [1.165, 1.54) is 0 Å². The van der Waals surface area contributed by atoms with Gasteiger partial charge in [-0.05, 0) is 19.3 Å². The van der Waals surface area contributed by atoms with Gasteiger partial charge in [0, 0.05) is 0 Å². The standard InChI is InChI=1S/C16H30F6N/c1-4-7-10-23(11-8-5-2,12-9-6-3)13-14(15(17,18)19)16(20,21)22/h14H,4-13H2,1-3H3/q+1. The summed E-state index contributed by atoms with van der Waals surface area (Å²) >= 11 is 0. The minimum absolute atomic E-state index is 0.0702. The van der Waals surface area contributed by atoms with Crippen LogP contribution in [0.1, 0.15) is 59.3 Å². The molecule has 23 heavy (non-hydrogen) atoms. The second kappa shape index (κ2) is 9.74. The first kappa shape index (κ1) is 22.5. The van der Waals surface area contributed by atoms with Crippen LogP contribution in [0, 0.1) is 5.92 Å². The molecule has 0 fully saturated rings. The normalized spacial score (nSPS) is 13.8. The lowest BCUT2D eigenvalue weighted by Gasteiger charge is -2.42. The summed E-state index contributed by atoms with van der Waals surface area (Å²) in [5.74, 6) is -3.24. The minimum atomic E-state index is -5.24. The number of hydrogen-bond donors (Lipinski definition) is 0. The molecule has 0 radical (unpaired) electrons. The highest BCUT2D eigenvalue weighted by molar-refractivity contribution is 4.76. The zero-order chi connectivity index (χ0) is 18.1. The van der Waals surface area contributed by atoms with E-state index in [-0.39, 0.29) is 4.48 Å². The molecular weight excluding hydrogens is 320 g/mol. The molecule has 7 heteroatoms. The topological polar surface area (TPSA) is 0 Å². The van der Waals surface area contributed by atoms with E-state index in [9.17, 15) is 26.3 Å². The van der Waals surface area contributed by atoms with Crippen LogP contribution in [-0.4, -0.2) is 43.0 Å². The molecule has 0 amide bonds. The highest BCUT2D eigenvalue weighted by Crippen LogP contribution is 2.41. The van der Waals surface area contributed by atoms with Gasteiger partial charge in [0.05, 0.1) is 26.2 Å². The molecule has 0 saturated carbocycles. The van der Waals surface area contributed by atoms with Gasteiger partial charge in [0.25, 0.3) is 0 Å². The smallest absolute Gasteiger partial charge is 0.323 e. The largest absolute Gasteiger partial charge is 0.405 e. The van der Waals surface area contributed by atoms with Gasteiger partial charge in [-0.1, -0.05) is 40.0 Å². The number of hydrogen-bond acceptors (Lipinski definition) is 0. The highest BCUT2D eigenvalue weighted by Gasteiger charge is 2.59. The van der Waals surface area contributed by atoms with Gasteiger partial charge in [-0.15, -0.1) is 0 Å². The maximum Gasteiger partial charge on any atom is 0.405 e. The number of nitrogens with zero attached hydrogens (tertiary/aromatic N) is 1. The average molecular weight is 350 g/mol. The number of halogens is 6. The molecule has 140 valence electrons. The summed E-state index contributed by atoms with van der Waals surface area (Å²) in [4.78, 5) is 0. The third-order valence-electron chi connectivity index (χ3n) is 4.32. The van der Waals surface area contributed by atoms with E-state index in [2.05, 4.69) is 0 Å². The fourth-order valence-corrected chi connectivity index (χ4v) is 2.87. The van der Waals surface area contributed by atoms with Crippen molar-refractivity contribution in [3.8, 4) is 0 Å².